The topological polar surface area (TPSA) is 116 Å². The maximum Gasteiger partial charge on any atom is 0.316 e. The highest BCUT2D eigenvalue weighted by molar-refractivity contribution is 7.91. The molecule has 1 N–H and O–H groups in total. The Hall–Kier alpha value is -2.53. The molecule has 46 heavy (non-hydrogen) atoms. The van der Waals surface area contributed by atoms with Gasteiger partial charge in [0.15, 0.2) is 18.2 Å². The number of hydrogen-bond acceptors (Lipinski definition) is 8. The molecule has 0 unspecified atom stereocenters. The molecule has 0 amide bonds. The van der Waals surface area contributed by atoms with Gasteiger partial charge in [-0.05, 0) is 60.0 Å². The van der Waals surface area contributed by atoms with Crippen molar-refractivity contribution in [1.29, 1.82) is 0 Å². The molecule has 0 aliphatic carbocycles. The zero-order chi connectivity index (χ0) is 34.8. The van der Waals surface area contributed by atoms with Crippen LogP contribution >= 0.6 is 0 Å². The van der Waals surface area contributed by atoms with E-state index in [1.165, 1.54) is 6.92 Å². The summed E-state index contributed by atoms with van der Waals surface area (Å²) < 4.78 is 43.1. The molecular weight excluding hydrogens is 621 g/mol. The summed E-state index contributed by atoms with van der Waals surface area (Å²) in [5.74, 6) is -0.812. The Morgan fingerprint density at radius 2 is 1.52 bits per heavy atom. The van der Waals surface area contributed by atoms with Crippen LogP contribution in [0.2, 0.25) is 18.1 Å². The Balaban J connectivity index is 2.16. The van der Waals surface area contributed by atoms with E-state index in [4.69, 9.17) is 13.9 Å². The Morgan fingerprint density at radius 1 is 0.891 bits per heavy atom. The van der Waals surface area contributed by atoms with Gasteiger partial charge in [0.05, 0.1) is 23.0 Å². The van der Waals surface area contributed by atoms with Gasteiger partial charge in [-0.25, -0.2) is 8.42 Å². The molecular formula is C36H56O8SSi. The van der Waals surface area contributed by atoms with Gasteiger partial charge in [-0.15, -0.1) is 0 Å². The van der Waals surface area contributed by atoms with Crippen LogP contribution in [-0.2, 0) is 51.8 Å². The second-order valence-corrected chi connectivity index (χ2v) is 22.0. The van der Waals surface area contributed by atoms with Crippen molar-refractivity contribution in [1.82, 2.24) is 0 Å². The van der Waals surface area contributed by atoms with Crippen molar-refractivity contribution in [3.05, 3.63) is 71.3 Å². The summed E-state index contributed by atoms with van der Waals surface area (Å²) in [5.41, 5.74) is 0.899. The van der Waals surface area contributed by atoms with Crippen LogP contribution in [0.15, 0.2) is 54.6 Å². The van der Waals surface area contributed by atoms with E-state index < -0.39 is 41.1 Å². The molecule has 0 spiro atoms. The normalized spacial score (nSPS) is 14.7. The number of benzene rings is 2. The summed E-state index contributed by atoms with van der Waals surface area (Å²) in [6.45, 7) is 17.9. The summed E-state index contributed by atoms with van der Waals surface area (Å²) in [4.78, 5) is 24.9. The Kier molecular flexibility index (Phi) is 14.2. The molecule has 0 heterocycles. The van der Waals surface area contributed by atoms with Crippen molar-refractivity contribution >= 4 is 30.1 Å². The minimum absolute atomic E-state index is 0.00809. The third-order valence-electron chi connectivity index (χ3n) is 8.98. The minimum atomic E-state index is -3.36. The van der Waals surface area contributed by atoms with Crippen LogP contribution in [-0.4, -0.2) is 64.6 Å². The summed E-state index contributed by atoms with van der Waals surface area (Å²) in [6, 6.07) is 17.0. The molecule has 2 rings (SSSR count). The first-order valence-corrected chi connectivity index (χ1v) is 20.9. The van der Waals surface area contributed by atoms with Crippen LogP contribution in [0.1, 0.15) is 84.4 Å². The molecule has 0 aromatic heterocycles. The van der Waals surface area contributed by atoms with Gasteiger partial charge in [0.2, 0.25) is 0 Å². The molecule has 0 radical (unpaired) electrons. The zero-order valence-electron chi connectivity index (χ0n) is 29.4. The van der Waals surface area contributed by atoms with Crippen molar-refractivity contribution in [2.45, 2.75) is 110 Å². The number of carbonyl (C=O) groups excluding carboxylic acids is 2. The first-order chi connectivity index (χ1) is 21.2. The SMILES string of the molecule is CC(=O)OC[C@@H](O)Cc1cccc([C@@](C)(CCCC(C)(C)CS(=O)(=O)CCO[Si](C)(C)C(C)(C)C)C(=O)OCc2ccccc2)c1. The minimum Gasteiger partial charge on any atom is -0.463 e. The average Bonchev–Trinajstić information content (AvgIpc) is 2.93. The van der Waals surface area contributed by atoms with E-state index in [1.54, 1.807) is 0 Å². The molecule has 2 atom stereocenters. The first-order valence-electron chi connectivity index (χ1n) is 16.1. The summed E-state index contributed by atoms with van der Waals surface area (Å²) in [5, 5.41) is 10.4. The number of hydrogen-bond donors (Lipinski definition) is 1. The predicted octanol–water partition coefficient (Wildman–Crippen LogP) is 6.79. The number of ether oxygens (including phenoxy) is 2. The van der Waals surface area contributed by atoms with E-state index in [9.17, 15) is 23.1 Å². The summed E-state index contributed by atoms with van der Waals surface area (Å²) in [7, 11) is -5.40. The van der Waals surface area contributed by atoms with E-state index in [0.29, 0.717) is 19.3 Å². The lowest BCUT2D eigenvalue weighted by atomic mass is 9.75. The summed E-state index contributed by atoms with van der Waals surface area (Å²) in [6.07, 6.45) is 1.00. The molecule has 2 aromatic carbocycles. The van der Waals surface area contributed by atoms with Crippen molar-refractivity contribution in [3.8, 4) is 0 Å². The van der Waals surface area contributed by atoms with Gasteiger partial charge in [0.25, 0.3) is 0 Å². The molecule has 0 fully saturated rings. The van der Waals surface area contributed by atoms with Crippen molar-refractivity contribution in [2.75, 3.05) is 24.7 Å². The fourth-order valence-corrected chi connectivity index (χ4v) is 8.14. The van der Waals surface area contributed by atoms with Crippen molar-refractivity contribution in [3.63, 3.8) is 0 Å². The van der Waals surface area contributed by atoms with Crippen molar-refractivity contribution < 1.29 is 37.0 Å². The van der Waals surface area contributed by atoms with E-state index >= 15 is 0 Å². The third kappa shape index (κ3) is 12.9. The van der Waals surface area contributed by atoms with Gasteiger partial charge >= 0.3 is 11.9 Å². The number of esters is 2. The standard InChI is InChI=1S/C36H56O8SSi/c1-28(37)42-26-32(38)24-30-17-13-18-31(23-30)36(7,33(39)43-25-29-15-11-10-12-16-29)20-14-19-35(5,6)27-45(40,41)22-21-44-46(8,9)34(2,3)4/h10-13,15-18,23,32,38H,14,19-22,24-27H2,1-9H3/t32-,36+/m0/s1. The Bertz CT molecular complexity index is 1380. The Morgan fingerprint density at radius 3 is 2.13 bits per heavy atom. The lowest BCUT2D eigenvalue weighted by Gasteiger charge is -2.36. The quantitative estimate of drug-likeness (QED) is 0.136. The number of aliphatic hydroxyl groups is 1. The van der Waals surface area contributed by atoms with Gasteiger partial charge in [-0.2, -0.15) is 0 Å². The number of rotatable bonds is 18. The third-order valence-corrected chi connectivity index (χ3v) is 15.5. The number of aliphatic hydroxyl groups excluding tert-OH is 1. The van der Waals surface area contributed by atoms with Gasteiger partial charge in [0.1, 0.15) is 13.2 Å². The first kappa shape index (κ1) is 39.6. The zero-order valence-corrected chi connectivity index (χ0v) is 31.2. The molecule has 10 heteroatoms. The summed E-state index contributed by atoms with van der Waals surface area (Å²) >= 11 is 0. The second-order valence-electron chi connectivity index (χ2n) is 15.0. The molecule has 0 aliphatic heterocycles. The van der Waals surface area contributed by atoms with E-state index in [2.05, 4.69) is 33.9 Å². The van der Waals surface area contributed by atoms with Gasteiger partial charge in [-0.1, -0.05) is 95.6 Å². The Labute approximate surface area is 278 Å². The molecule has 258 valence electrons. The lowest BCUT2D eigenvalue weighted by Crippen LogP contribution is -2.42. The van der Waals surface area contributed by atoms with E-state index in [-0.39, 0.29) is 48.8 Å². The van der Waals surface area contributed by atoms with Gasteiger partial charge in [0, 0.05) is 20.0 Å². The maximum atomic E-state index is 13.8. The molecule has 0 bridgehead atoms. The van der Waals surface area contributed by atoms with Crippen LogP contribution in [0, 0.1) is 5.41 Å². The van der Waals surface area contributed by atoms with Crippen LogP contribution in [0.3, 0.4) is 0 Å². The van der Waals surface area contributed by atoms with Crippen LogP contribution in [0.25, 0.3) is 0 Å². The van der Waals surface area contributed by atoms with Crippen LogP contribution in [0.5, 0.6) is 0 Å². The highest BCUT2D eigenvalue weighted by atomic mass is 32.2. The molecule has 0 saturated carbocycles. The van der Waals surface area contributed by atoms with E-state index in [0.717, 1.165) is 16.7 Å². The monoisotopic (exact) mass is 676 g/mol. The van der Waals surface area contributed by atoms with Gasteiger partial charge < -0.3 is 19.0 Å². The number of sulfone groups is 1. The van der Waals surface area contributed by atoms with Gasteiger partial charge in [-0.3, -0.25) is 9.59 Å². The molecule has 8 nitrogen and oxygen atoms in total. The molecule has 2 aromatic rings. The fraction of sp³-hybridized carbons (Fsp3) is 0.611. The van der Waals surface area contributed by atoms with Crippen LogP contribution < -0.4 is 0 Å². The van der Waals surface area contributed by atoms with Crippen LogP contribution in [0.4, 0.5) is 0 Å². The van der Waals surface area contributed by atoms with Crippen molar-refractivity contribution in [2.24, 2.45) is 5.41 Å². The molecule has 0 aliphatic rings. The lowest BCUT2D eigenvalue weighted by molar-refractivity contribution is -0.152. The highest BCUT2D eigenvalue weighted by Crippen LogP contribution is 2.37. The second kappa shape index (κ2) is 16.5. The maximum absolute atomic E-state index is 13.8. The molecule has 0 saturated heterocycles. The highest BCUT2D eigenvalue weighted by Gasteiger charge is 2.39. The fourth-order valence-electron chi connectivity index (χ4n) is 5.13. The average molecular weight is 677 g/mol. The van der Waals surface area contributed by atoms with E-state index in [1.807, 2.05) is 75.4 Å². The largest absolute Gasteiger partial charge is 0.463 e. The smallest absolute Gasteiger partial charge is 0.316 e. The predicted molar refractivity (Wildman–Crippen MR) is 186 cm³/mol. The number of carbonyl (C=O) groups is 2.